The minimum Gasteiger partial charge on any atom is -0.309 e. The van der Waals surface area contributed by atoms with Crippen LogP contribution < -0.4 is 0 Å². The molecule has 5 heterocycles. The molecule has 0 saturated carbocycles. The molecule has 0 spiro atoms. The zero-order valence-electron chi connectivity index (χ0n) is 39.5. The van der Waals surface area contributed by atoms with Crippen LogP contribution >= 0.6 is 0 Å². The molecule has 0 aliphatic carbocycles. The van der Waals surface area contributed by atoms with Crippen LogP contribution in [0.4, 0.5) is 13.2 Å². The van der Waals surface area contributed by atoms with Gasteiger partial charge in [-0.05, 0) is 97.1 Å². The summed E-state index contributed by atoms with van der Waals surface area (Å²) in [4.78, 5) is 5.17. The van der Waals surface area contributed by atoms with Gasteiger partial charge in [-0.1, -0.05) is 146 Å². The molecular formula is C66H40F3N5. The first-order chi connectivity index (χ1) is 36.4. The third-order valence-corrected chi connectivity index (χ3v) is 15.0. The molecule has 0 fully saturated rings. The van der Waals surface area contributed by atoms with E-state index in [1.807, 2.05) is 179 Å². The number of alkyl halides is 3. The van der Waals surface area contributed by atoms with Crippen LogP contribution in [-0.4, -0.2) is 23.3 Å². The van der Waals surface area contributed by atoms with Gasteiger partial charge >= 0.3 is 6.18 Å². The predicted octanol–water partition coefficient (Wildman–Crippen LogP) is 17.8. The summed E-state index contributed by atoms with van der Waals surface area (Å²) in [7, 11) is 0. The van der Waals surface area contributed by atoms with Gasteiger partial charge in [0.1, 0.15) is 5.56 Å². The number of fused-ring (bicyclic) bond motifs is 12. The smallest absolute Gasteiger partial charge is 0.309 e. The zero-order valence-corrected chi connectivity index (χ0v) is 39.5. The van der Waals surface area contributed by atoms with Crippen LogP contribution in [0, 0.1) is 0 Å². The third-order valence-electron chi connectivity index (χ3n) is 15.0. The van der Waals surface area contributed by atoms with Gasteiger partial charge in [-0.3, -0.25) is 0 Å². The molecule has 0 aliphatic heterocycles. The Balaban J connectivity index is 1.03. The van der Waals surface area contributed by atoms with E-state index in [0.29, 0.717) is 33.3 Å². The number of hydrogen-bond acceptors (Lipinski definition) is 1. The molecule has 5 nitrogen and oxygen atoms in total. The molecule has 0 radical (unpaired) electrons. The van der Waals surface area contributed by atoms with Crippen LogP contribution in [0.2, 0.25) is 0 Å². The lowest BCUT2D eigenvalue weighted by Crippen LogP contribution is -2.16. The van der Waals surface area contributed by atoms with Gasteiger partial charge in [-0.15, -0.1) is 0 Å². The van der Waals surface area contributed by atoms with Crippen LogP contribution in [0.15, 0.2) is 243 Å². The van der Waals surface area contributed by atoms with E-state index in [4.69, 9.17) is 4.98 Å². The minimum atomic E-state index is -4.83. The van der Waals surface area contributed by atoms with Gasteiger partial charge in [-0.2, -0.15) is 13.2 Å². The Bertz CT molecular complexity index is 4420. The Hall–Kier alpha value is -9.66. The van der Waals surface area contributed by atoms with Gasteiger partial charge in [0.05, 0.1) is 66.9 Å². The normalized spacial score (nSPS) is 12.3. The van der Waals surface area contributed by atoms with E-state index in [1.165, 1.54) is 0 Å². The van der Waals surface area contributed by atoms with E-state index in [2.05, 4.69) is 69.8 Å². The average molecular weight is 960 g/mol. The molecule has 5 aromatic heterocycles. The predicted molar refractivity (Wildman–Crippen MR) is 297 cm³/mol. The lowest BCUT2D eigenvalue weighted by molar-refractivity contribution is -0.137. The maximum atomic E-state index is 17.0. The summed E-state index contributed by atoms with van der Waals surface area (Å²) in [5, 5.41) is 7.85. The molecular weight excluding hydrogens is 920 g/mol. The van der Waals surface area contributed by atoms with E-state index in [-0.39, 0.29) is 11.4 Å². The number of pyridine rings is 1. The van der Waals surface area contributed by atoms with Crippen molar-refractivity contribution in [1.82, 2.24) is 23.3 Å². The number of nitrogens with zero attached hydrogens (tertiary/aromatic N) is 5. The second kappa shape index (κ2) is 15.9. The van der Waals surface area contributed by atoms with Crippen molar-refractivity contribution in [1.29, 1.82) is 0 Å². The van der Waals surface area contributed by atoms with E-state index < -0.39 is 11.7 Å². The summed E-state index contributed by atoms with van der Waals surface area (Å²) in [6, 6.07) is 80.2. The first-order valence-corrected chi connectivity index (χ1v) is 24.7. The number of halogens is 3. The molecule has 8 heteroatoms. The molecule has 350 valence electrons. The average Bonchev–Trinajstić information content (AvgIpc) is 4.17. The second-order valence-electron chi connectivity index (χ2n) is 19.0. The van der Waals surface area contributed by atoms with Crippen LogP contribution in [0.5, 0.6) is 0 Å². The Morgan fingerprint density at radius 3 is 0.986 bits per heavy atom. The van der Waals surface area contributed by atoms with E-state index >= 15 is 13.2 Å². The molecule has 0 atom stereocenters. The molecule has 15 aromatic rings. The van der Waals surface area contributed by atoms with E-state index in [1.54, 1.807) is 12.1 Å². The van der Waals surface area contributed by atoms with E-state index in [0.717, 1.165) is 87.8 Å². The van der Waals surface area contributed by atoms with Crippen molar-refractivity contribution in [2.24, 2.45) is 0 Å². The molecule has 15 rings (SSSR count). The monoisotopic (exact) mass is 959 g/mol. The van der Waals surface area contributed by atoms with Gasteiger partial charge in [0.2, 0.25) is 0 Å². The first-order valence-electron chi connectivity index (χ1n) is 24.7. The Morgan fingerprint density at radius 1 is 0.270 bits per heavy atom. The van der Waals surface area contributed by atoms with Gasteiger partial charge in [-0.25, -0.2) is 4.98 Å². The van der Waals surface area contributed by atoms with Crippen molar-refractivity contribution in [2.45, 2.75) is 6.18 Å². The maximum Gasteiger partial charge on any atom is 0.420 e. The molecule has 0 amide bonds. The summed E-state index contributed by atoms with van der Waals surface area (Å²) in [6.07, 6.45) is -4.83. The fraction of sp³-hybridized carbons (Fsp3) is 0.0152. The van der Waals surface area contributed by atoms with Gasteiger partial charge in [0.25, 0.3) is 0 Å². The van der Waals surface area contributed by atoms with Crippen molar-refractivity contribution < 1.29 is 13.2 Å². The maximum absolute atomic E-state index is 17.0. The number of rotatable bonds is 6. The van der Waals surface area contributed by atoms with Crippen LogP contribution in [0.25, 0.3) is 132 Å². The standard InChI is InChI=1S/C66H40F3N5/c67-66(68,69)65-63(73-59-31-14-8-23-49(59)51-39-43(33-35-61(51)73)71-55-27-10-4-19-45(55)46-20-5-11-28-56(46)71)37-42(54-26-16-25-53(70-54)41-17-2-1-3-18-41)38-64(65)74-60-32-15-9-24-50(60)52-40-44(34-36-62(52)74)72-57-29-12-6-21-47(57)48-22-7-13-30-58(48)72/h1-40H. The molecule has 74 heavy (non-hydrogen) atoms. The van der Waals surface area contributed by atoms with Gasteiger partial charge in [0, 0.05) is 65.6 Å². The summed E-state index contributed by atoms with van der Waals surface area (Å²) < 4.78 is 59.0. The Kier molecular flexibility index (Phi) is 9.05. The topological polar surface area (TPSA) is 32.6 Å². The van der Waals surface area contributed by atoms with Crippen molar-refractivity contribution in [2.75, 3.05) is 0 Å². The summed E-state index contributed by atoms with van der Waals surface area (Å²) in [5.41, 5.74) is 10.6. The van der Waals surface area contributed by atoms with Crippen LogP contribution in [0.1, 0.15) is 5.56 Å². The number of aromatic nitrogens is 5. The molecule has 0 bridgehead atoms. The number of benzene rings is 10. The van der Waals surface area contributed by atoms with Crippen LogP contribution in [-0.2, 0) is 6.18 Å². The fourth-order valence-corrected chi connectivity index (χ4v) is 11.9. The zero-order chi connectivity index (χ0) is 49.2. The fourth-order valence-electron chi connectivity index (χ4n) is 11.9. The van der Waals surface area contributed by atoms with Gasteiger partial charge < -0.3 is 18.3 Å². The summed E-state index contributed by atoms with van der Waals surface area (Å²) in [6.45, 7) is 0. The Morgan fingerprint density at radius 2 is 0.595 bits per heavy atom. The quantitative estimate of drug-likeness (QED) is 0.163. The highest BCUT2D eigenvalue weighted by Crippen LogP contribution is 2.47. The highest BCUT2D eigenvalue weighted by Gasteiger charge is 2.40. The highest BCUT2D eigenvalue weighted by atomic mass is 19.4. The van der Waals surface area contributed by atoms with E-state index in [9.17, 15) is 0 Å². The molecule has 0 saturated heterocycles. The lowest BCUT2D eigenvalue weighted by Gasteiger charge is -2.23. The number of hydrogen-bond donors (Lipinski definition) is 0. The van der Waals surface area contributed by atoms with Gasteiger partial charge in [0.15, 0.2) is 0 Å². The third kappa shape index (κ3) is 6.21. The Labute approximate surface area is 421 Å². The first kappa shape index (κ1) is 42.1. The largest absolute Gasteiger partial charge is 0.420 e. The number of para-hydroxylation sites is 6. The minimum absolute atomic E-state index is 0.000518. The van der Waals surface area contributed by atoms with Crippen molar-refractivity contribution in [3.63, 3.8) is 0 Å². The van der Waals surface area contributed by atoms with Crippen molar-refractivity contribution in [3.05, 3.63) is 248 Å². The summed E-state index contributed by atoms with van der Waals surface area (Å²) >= 11 is 0. The SMILES string of the molecule is FC(F)(F)c1c(-n2c3ccccc3c3cc(-n4c5ccccc5c5ccccc54)ccc32)cc(-c2cccc(-c3ccccc3)n2)cc1-n1c2ccccc2c2cc(-n3c4ccccc4c4ccccc43)ccc21. The van der Waals surface area contributed by atoms with Crippen molar-refractivity contribution >= 4 is 87.2 Å². The molecule has 0 aliphatic rings. The second-order valence-corrected chi connectivity index (χ2v) is 19.0. The van der Waals surface area contributed by atoms with Crippen molar-refractivity contribution in [3.8, 4) is 45.3 Å². The molecule has 10 aromatic carbocycles. The molecule has 0 N–H and O–H groups in total. The molecule has 0 unspecified atom stereocenters. The lowest BCUT2D eigenvalue weighted by atomic mass is 10.0. The summed E-state index contributed by atoms with van der Waals surface area (Å²) in [5.74, 6) is 0. The highest BCUT2D eigenvalue weighted by molar-refractivity contribution is 6.14. The van der Waals surface area contributed by atoms with Crippen LogP contribution in [0.3, 0.4) is 0 Å².